The molecule has 1 aromatic carbocycles. The van der Waals surface area contributed by atoms with Crippen LogP contribution in [-0.2, 0) is 0 Å². The number of benzene rings is 1. The van der Waals surface area contributed by atoms with Gasteiger partial charge in [0, 0.05) is 26.0 Å². The minimum Gasteiger partial charge on any atom is -0.486 e. The van der Waals surface area contributed by atoms with Crippen LogP contribution in [0.1, 0.15) is 23.8 Å². The monoisotopic (exact) mass is 311 g/mol. The van der Waals surface area contributed by atoms with Crippen LogP contribution < -0.4 is 14.5 Å². The average Bonchev–Trinajstić information content (AvgIpc) is 2.60. The van der Waals surface area contributed by atoms with E-state index in [4.69, 9.17) is 4.74 Å². The molecule has 1 aliphatic rings. The first-order chi connectivity index (χ1) is 11.1. The van der Waals surface area contributed by atoms with E-state index in [1.165, 1.54) is 0 Å². The first-order valence-electron chi connectivity index (χ1n) is 7.81. The SMILES string of the molecule is CC[C@H]1CN(C(=O)c2cc(N(C)C)ccn2)c2ccccc2O1. The van der Waals surface area contributed by atoms with Gasteiger partial charge in [-0.05, 0) is 30.7 Å². The average molecular weight is 311 g/mol. The summed E-state index contributed by atoms with van der Waals surface area (Å²) >= 11 is 0. The molecule has 23 heavy (non-hydrogen) atoms. The predicted octanol–water partition coefficient (Wildman–Crippen LogP) is 2.97. The summed E-state index contributed by atoms with van der Waals surface area (Å²) in [5.41, 5.74) is 2.21. The van der Waals surface area contributed by atoms with Gasteiger partial charge in [0.2, 0.25) is 0 Å². The lowest BCUT2D eigenvalue weighted by atomic mass is 10.1. The van der Waals surface area contributed by atoms with Crippen molar-refractivity contribution in [1.29, 1.82) is 0 Å². The van der Waals surface area contributed by atoms with Gasteiger partial charge < -0.3 is 9.64 Å². The van der Waals surface area contributed by atoms with Gasteiger partial charge in [0.25, 0.3) is 5.91 Å². The van der Waals surface area contributed by atoms with E-state index in [-0.39, 0.29) is 12.0 Å². The van der Waals surface area contributed by atoms with Crippen LogP contribution in [0.15, 0.2) is 42.6 Å². The van der Waals surface area contributed by atoms with E-state index in [9.17, 15) is 4.79 Å². The van der Waals surface area contributed by atoms with Gasteiger partial charge in [-0.25, -0.2) is 0 Å². The van der Waals surface area contributed by atoms with E-state index >= 15 is 0 Å². The molecule has 1 aliphatic heterocycles. The van der Waals surface area contributed by atoms with Crippen LogP contribution in [0.25, 0.3) is 0 Å². The Morgan fingerprint density at radius 1 is 1.35 bits per heavy atom. The molecular formula is C18H21N3O2. The third-order valence-corrected chi connectivity index (χ3v) is 4.02. The number of hydrogen-bond donors (Lipinski definition) is 0. The van der Waals surface area contributed by atoms with Gasteiger partial charge in [-0.1, -0.05) is 19.1 Å². The van der Waals surface area contributed by atoms with Crippen molar-refractivity contribution in [3.63, 3.8) is 0 Å². The molecule has 5 heteroatoms. The van der Waals surface area contributed by atoms with E-state index in [0.717, 1.165) is 23.5 Å². The molecule has 120 valence electrons. The molecule has 0 bridgehead atoms. The molecule has 1 atom stereocenters. The minimum atomic E-state index is -0.0945. The minimum absolute atomic E-state index is 0.00545. The lowest BCUT2D eigenvalue weighted by Crippen LogP contribution is -2.43. The van der Waals surface area contributed by atoms with Crippen LogP contribution in [0, 0.1) is 0 Å². The van der Waals surface area contributed by atoms with E-state index in [1.807, 2.05) is 55.4 Å². The highest BCUT2D eigenvalue weighted by atomic mass is 16.5. The summed E-state index contributed by atoms with van der Waals surface area (Å²) in [4.78, 5) is 21.0. The second-order valence-electron chi connectivity index (χ2n) is 5.83. The fraction of sp³-hybridized carbons (Fsp3) is 0.333. The van der Waals surface area contributed by atoms with Crippen LogP contribution >= 0.6 is 0 Å². The van der Waals surface area contributed by atoms with Crippen molar-refractivity contribution >= 4 is 17.3 Å². The van der Waals surface area contributed by atoms with Crippen LogP contribution in [0.4, 0.5) is 11.4 Å². The van der Waals surface area contributed by atoms with Crippen LogP contribution in [0.3, 0.4) is 0 Å². The van der Waals surface area contributed by atoms with Gasteiger partial charge in [-0.15, -0.1) is 0 Å². The molecule has 1 aromatic heterocycles. The van der Waals surface area contributed by atoms with Gasteiger partial charge in [0.05, 0.1) is 12.2 Å². The van der Waals surface area contributed by atoms with E-state index in [0.29, 0.717) is 12.2 Å². The van der Waals surface area contributed by atoms with Crippen molar-refractivity contribution < 1.29 is 9.53 Å². The Balaban J connectivity index is 1.97. The Morgan fingerprint density at radius 2 is 2.13 bits per heavy atom. The van der Waals surface area contributed by atoms with Crippen molar-refractivity contribution in [1.82, 2.24) is 4.98 Å². The molecule has 0 unspecified atom stereocenters. The summed E-state index contributed by atoms with van der Waals surface area (Å²) in [6.45, 7) is 2.60. The number of carbonyl (C=O) groups excluding carboxylic acids is 1. The summed E-state index contributed by atoms with van der Waals surface area (Å²) in [5.74, 6) is 0.658. The van der Waals surface area contributed by atoms with Gasteiger partial charge in [-0.2, -0.15) is 0 Å². The van der Waals surface area contributed by atoms with Crippen molar-refractivity contribution in [2.24, 2.45) is 0 Å². The standard InChI is InChI=1S/C18H21N3O2/c1-4-14-12-21(16-7-5-6-8-17(16)23-14)18(22)15-11-13(20(2)3)9-10-19-15/h5-11,14H,4,12H2,1-3H3/t14-/m0/s1. The topological polar surface area (TPSA) is 45.7 Å². The lowest BCUT2D eigenvalue weighted by Gasteiger charge is -2.34. The number of anilines is 2. The normalized spacial score (nSPS) is 16.5. The highest BCUT2D eigenvalue weighted by molar-refractivity contribution is 6.06. The van der Waals surface area contributed by atoms with E-state index in [2.05, 4.69) is 11.9 Å². The number of amides is 1. The number of fused-ring (bicyclic) bond motifs is 1. The maximum Gasteiger partial charge on any atom is 0.277 e. The molecule has 1 amide bonds. The number of hydrogen-bond acceptors (Lipinski definition) is 4. The summed E-state index contributed by atoms with van der Waals surface area (Å²) in [6.07, 6.45) is 2.53. The number of carbonyl (C=O) groups is 1. The number of aromatic nitrogens is 1. The van der Waals surface area contributed by atoms with Crippen molar-refractivity contribution in [2.45, 2.75) is 19.4 Å². The Labute approximate surface area is 136 Å². The maximum atomic E-state index is 13.0. The number of nitrogens with zero attached hydrogens (tertiary/aromatic N) is 3. The fourth-order valence-electron chi connectivity index (χ4n) is 2.66. The predicted molar refractivity (Wildman–Crippen MR) is 91.4 cm³/mol. The van der Waals surface area contributed by atoms with Crippen LogP contribution in [0.2, 0.25) is 0 Å². The van der Waals surface area contributed by atoms with E-state index in [1.54, 1.807) is 11.1 Å². The molecular weight excluding hydrogens is 290 g/mol. The summed E-state index contributed by atoms with van der Waals surface area (Å²) in [6, 6.07) is 11.4. The Bertz CT molecular complexity index is 715. The summed E-state index contributed by atoms with van der Waals surface area (Å²) < 4.78 is 5.94. The van der Waals surface area contributed by atoms with Gasteiger partial charge in [0.1, 0.15) is 17.5 Å². The highest BCUT2D eigenvalue weighted by Gasteiger charge is 2.30. The molecule has 3 rings (SSSR count). The second-order valence-corrected chi connectivity index (χ2v) is 5.83. The molecule has 0 saturated heterocycles. The number of rotatable bonds is 3. The fourth-order valence-corrected chi connectivity index (χ4v) is 2.66. The molecule has 5 nitrogen and oxygen atoms in total. The van der Waals surface area contributed by atoms with Crippen LogP contribution in [-0.4, -0.2) is 37.6 Å². The summed E-state index contributed by atoms with van der Waals surface area (Å²) in [7, 11) is 3.89. The molecule has 0 N–H and O–H groups in total. The smallest absolute Gasteiger partial charge is 0.277 e. The molecule has 2 aromatic rings. The molecule has 0 spiro atoms. The van der Waals surface area contributed by atoms with Gasteiger partial charge in [-0.3, -0.25) is 14.7 Å². The van der Waals surface area contributed by atoms with Crippen molar-refractivity contribution in [2.75, 3.05) is 30.4 Å². The third kappa shape index (κ3) is 2.99. The quantitative estimate of drug-likeness (QED) is 0.874. The Morgan fingerprint density at radius 3 is 2.87 bits per heavy atom. The summed E-state index contributed by atoms with van der Waals surface area (Å²) in [5, 5.41) is 0. The Kier molecular flexibility index (Phi) is 4.19. The zero-order valence-electron chi connectivity index (χ0n) is 13.7. The number of ether oxygens (including phenoxy) is 1. The molecule has 0 saturated carbocycles. The molecule has 0 radical (unpaired) electrons. The number of pyridine rings is 1. The van der Waals surface area contributed by atoms with E-state index < -0.39 is 0 Å². The third-order valence-electron chi connectivity index (χ3n) is 4.02. The highest BCUT2D eigenvalue weighted by Crippen LogP contribution is 2.34. The maximum absolute atomic E-state index is 13.0. The lowest BCUT2D eigenvalue weighted by molar-refractivity contribution is 0.0949. The van der Waals surface area contributed by atoms with Crippen LogP contribution in [0.5, 0.6) is 5.75 Å². The molecule has 2 heterocycles. The van der Waals surface area contributed by atoms with Gasteiger partial charge >= 0.3 is 0 Å². The van der Waals surface area contributed by atoms with Crippen molar-refractivity contribution in [3.8, 4) is 5.75 Å². The zero-order chi connectivity index (χ0) is 16.4. The Hall–Kier alpha value is -2.56. The van der Waals surface area contributed by atoms with Crippen molar-refractivity contribution in [3.05, 3.63) is 48.3 Å². The first-order valence-corrected chi connectivity index (χ1v) is 7.81. The molecule has 0 fully saturated rings. The largest absolute Gasteiger partial charge is 0.486 e. The van der Waals surface area contributed by atoms with Gasteiger partial charge in [0.15, 0.2) is 0 Å². The first kappa shape index (κ1) is 15.3. The number of para-hydroxylation sites is 2. The zero-order valence-corrected chi connectivity index (χ0v) is 13.7. The second kappa shape index (κ2) is 6.28. The molecule has 0 aliphatic carbocycles.